The number of hydrogen-bond acceptors (Lipinski definition) is 4. The molecule has 2 aliphatic rings. The van der Waals surface area contributed by atoms with Gasteiger partial charge in [-0.2, -0.15) is 0 Å². The van der Waals surface area contributed by atoms with E-state index >= 15 is 0 Å². The molecule has 3 rings (SSSR count). The minimum atomic E-state index is -1.18. The quantitative estimate of drug-likeness (QED) is 0.835. The van der Waals surface area contributed by atoms with Crippen LogP contribution in [0.4, 0.5) is 0 Å². The summed E-state index contributed by atoms with van der Waals surface area (Å²) in [6.45, 7) is 0. The predicted octanol–water partition coefficient (Wildman–Crippen LogP) is 1.11. The summed E-state index contributed by atoms with van der Waals surface area (Å²) in [5.74, 6) is -1.62. The average molecular weight is 265 g/mol. The van der Waals surface area contributed by atoms with Crippen LogP contribution >= 0.6 is 0 Å². The molecule has 3 heterocycles. The Hall–Kier alpha value is -1.82. The zero-order valence-corrected chi connectivity index (χ0v) is 10.3. The number of rotatable bonds is 2. The largest absolute Gasteiger partial charge is 0.475 e. The van der Waals surface area contributed by atoms with Gasteiger partial charge in [0.25, 0.3) is 5.91 Å². The highest BCUT2D eigenvalue weighted by molar-refractivity contribution is 5.94. The summed E-state index contributed by atoms with van der Waals surface area (Å²) in [6, 6.07) is 2.77. The summed E-state index contributed by atoms with van der Waals surface area (Å²) in [7, 11) is 0. The van der Waals surface area contributed by atoms with Crippen LogP contribution in [-0.2, 0) is 0 Å². The monoisotopic (exact) mass is 265 g/mol. The molecule has 0 spiro atoms. The van der Waals surface area contributed by atoms with Crippen LogP contribution in [0, 0.1) is 0 Å². The second kappa shape index (κ2) is 4.38. The minimum Gasteiger partial charge on any atom is -0.475 e. The molecule has 0 aromatic carbocycles. The molecular weight excluding hydrogens is 250 g/mol. The molecule has 19 heavy (non-hydrogen) atoms. The number of aliphatic hydroxyl groups excluding tert-OH is 1. The highest BCUT2D eigenvalue weighted by Crippen LogP contribution is 2.36. The molecule has 2 aliphatic heterocycles. The molecule has 6 nitrogen and oxygen atoms in total. The zero-order chi connectivity index (χ0) is 13.6. The molecule has 1 aromatic heterocycles. The maximum atomic E-state index is 12.4. The Bertz CT molecular complexity index is 509. The molecule has 1 aromatic rings. The van der Waals surface area contributed by atoms with E-state index in [1.165, 1.54) is 12.1 Å². The van der Waals surface area contributed by atoms with Gasteiger partial charge in [0.15, 0.2) is 5.76 Å². The molecule has 6 heteroatoms. The highest BCUT2D eigenvalue weighted by atomic mass is 16.4. The fraction of sp³-hybridized carbons (Fsp3) is 0.538. The zero-order valence-electron chi connectivity index (χ0n) is 10.3. The first-order chi connectivity index (χ1) is 9.06. The van der Waals surface area contributed by atoms with Gasteiger partial charge < -0.3 is 19.5 Å². The summed E-state index contributed by atoms with van der Waals surface area (Å²) in [6.07, 6.45) is 2.62. The molecule has 2 fully saturated rings. The van der Waals surface area contributed by atoms with Gasteiger partial charge in [-0.25, -0.2) is 4.79 Å². The summed E-state index contributed by atoms with van der Waals surface area (Å²) in [5, 5.41) is 18.5. The molecule has 0 saturated carbocycles. The summed E-state index contributed by atoms with van der Waals surface area (Å²) in [4.78, 5) is 24.9. The Kier molecular flexibility index (Phi) is 2.82. The van der Waals surface area contributed by atoms with E-state index in [1.54, 1.807) is 4.90 Å². The van der Waals surface area contributed by atoms with Gasteiger partial charge in [0.05, 0.1) is 6.10 Å². The van der Waals surface area contributed by atoms with Crippen molar-refractivity contribution in [3.63, 3.8) is 0 Å². The number of piperidine rings is 1. The molecule has 2 saturated heterocycles. The Balaban J connectivity index is 1.82. The third-order valence-corrected chi connectivity index (χ3v) is 3.97. The first kappa shape index (κ1) is 12.2. The van der Waals surface area contributed by atoms with Crippen LogP contribution in [0.15, 0.2) is 16.5 Å². The van der Waals surface area contributed by atoms with Gasteiger partial charge in [-0.3, -0.25) is 4.79 Å². The van der Waals surface area contributed by atoms with E-state index in [0.717, 1.165) is 12.8 Å². The van der Waals surface area contributed by atoms with Gasteiger partial charge in [0, 0.05) is 12.1 Å². The van der Waals surface area contributed by atoms with Crippen molar-refractivity contribution in [2.45, 2.75) is 43.9 Å². The molecule has 2 bridgehead atoms. The Morgan fingerprint density at radius 3 is 2.26 bits per heavy atom. The van der Waals surface area contributed by atoms with Gasteiger partial charge in [-0.1, -0.05) is 0 Å². The van der Waals surface area contributed by atoms with Crippen LogP contribution in [-0.4, -0.2) is 45.2 Å². The van der Waals surface area contributed by atoms with E-state index in [-0.39, 0.29) is 35.6 Å². The van der Waals surface area contributed by atoms with Crippen molar-refractivity contribution in [3.8, 4) is 0 Å². The third-order valence-electron chi connectivity index (χ3n) is 3.97. The lowest BCUT2D eigenvalue weighted by atomic mass is 9.99. The van der Waals surface area contributed by atoms with Crippen LogP contribution in [0.3, 0.4) is 0 Å². The van der Waals surface area contributed by atoms with Gasteiger partial charge in [0.1, 0.15) is 0 Å². The standard InChI is InChI=1S/C13H15NO5/c15-9-5-7-1-2-8(6-9)14(7)12(16)10-3-4-11(19-10)13(17)18/h3-4,7-9,15H,1-2,5-6H2,(H,17,18). The van der Waals surface area contributed by atoms with E-state index in [4.69, 9.17) is 9.52 Å². The predicted molar refractivity (Wildman–Crippen MR) is 63.9 cm³/mol. The van der Waals surface area contributed by atoms with Crippen molar-refractivity contribution in [3.05, 3.63) is 23.7 Å². The lowest BCUT2D eigenvalue weighted by molar-refractivity contribution is 0.0263. The molecule has 2 unspecified atom stereocenters. The van der Waals surface area contributed by atoms with Crippen LogP contribution in [0.25, 0.3) is 0 Å². The highest BCUT2D eigenvalue weighted by Gasteiger charge is 2.43. The fourth-order valence-corrected chi connectivity index (χ4v) is 3.17. The number of carbonyl (C=O) groups is 2. The minimum absolute atomic E-state index is 0.0413. The van der Waals surface area contributed by atoms with Gasteiger partial charge in [-0.15, -0.1) is 0 Å². The molecule has 0 radical (unpaired) electrons. The summed E-state index contributed by atoms with van der Waals surface area (Å²) >= 11 is 0. The Morgan fingerprint density at radius 2 is 1.74 bits per heavy atom. The summed E-state index contributed by atoms with van der Waals surface area (Å²) < 4.78 is 5.06. The Morgan fingerprint density at radius 1 is 1.16 bits per heavy atom. The molecular formula is C13H15NO5. The molecule has 102 valence electrons. The Labute approximate surface area is 109 Å². The number of carbonyl (C=O) groups excluding carboxylic acids is 1. The van der Waals surface area contributed by atoms with E-state index < -0.39 is 5.97 Å². The second-order valence-corrected chi connectivity index (χ2v) is 5.19. The first-order valence-corrected chi connectivity index (χ1v) is 6.40. The number of fused-ring (bicyclic) bond motifs is 2. The molecule has 2 atom stereocenters. The number of carboxylic acids is 1. The van der Waals surface area contributed by atoms with Crippen LogP contribution in [0.1, 0.15) is 46.8 Å². The van der Waals surface area contributed by atoms with Crippen molar-refractivity contribution in [1.29, 1.82) is 0 Å². The van der Waals surface area contributed by atoms with E-state index in [1.807, 2.05) is 0 Å². The number of amides is 1. The van der Waals surface area contributed by atoms with Gasteiger partial charge >= 0.3 is 5.97 Å². The normalized spacial score (nSPS) is 29.5. The van der Waals surface area contributed by atoms with Crippen LogP contribution < -0.4 is 0 Å². The molecule has 0 aliphatic carbocycles. The number of aliphatic hydroxyl groups is 1. The van der Waals surface area contributed by atoms with E-state index in [9.17, 15) is 14.7 Å². The van der Waals surface area contributed by atoms with Crippen molar-refractivity contribution in [2.75, 3.05) is 0 Å². The second-order valence-electron chi connectivity index (χ2n) is 5.19. The smallest absolute Gasteiger partial charge is 0.371 e. The van der Waals surface area contributed by atoms with Crippen molar-refractivity contribution in [2.24, 2.45) is 0 Å². The van der Waals surface area contributed by atoms with Crippen molar-refractivity contribution >= 4 is 11.9 Å². The first-order valence-electron chi connectivity index (χ1n) is 6.40. The van der Waals surface area contributed by atoms with Crippen LogP contribution in [0.2, 0.25) is 0 Å². The number of carboxylic acid groups (broad SMARTS) is 1. The van der Waals surface area contributed by atoms with Crippen molar-refractivity contribution in [1.82, 2.24) is 4.90 Å². The maximum Gasteiger partial charge on any atom is 0.371 e. The molecule has 2 N–H and O–H groups in total. The number of nitrogens with zero attached hydrogens (tertiary/aromatic N) is 1. The molecule has 1 amide bonds. The number of hydrogen-bond donors (Lipinski definition) is 2. The van der Waals surface area contributed by atoms with E-state index in [2.05, 4.69) is 0 Å². The van der Waals surface area contributed by atoms with Gasteiger partial charge in [-0.05, 0) is 37.8 Å². The topological polar surface area (TPSA) is 91.0 Å². The van der Waals surface area contributed by atoms with Crippen LogP contribution in [0.5, 0.6) is 0 Å². The van der Waals surface area contributed by atoms with Gasteiger partial charge in [0.2, 0.25) is 5.76 Å². The average Bonchev–Trinajstić information content (AvgIpc) is 2.93. The number of furan rings is 1. The fourth-order valence-electron chi connectivity index (χ4n) is 3.17. The third kappa shape index (κ3) is 2.02. The van der Waals surface area contributed by atoms with E-state index in [0.29, 0.717) is 12.8 Å². The SMILES string of the molecule is O=C(O)c1ccc(C(=O)N2C3CCC2CC(O)C3)o1. The lowest BCUT2D eigenvalue weighted by Crippen LogP contribution is -2.47. The lowest BCUT2D eigenvalue weighted by Gasteiger charge is -2.36. The van der Waals surface area contributed by atoms with Crippen molar-refractivity contribution < 1.29 is 24.2 Å². The number of aromatic carboxylic acids is 1. The summed E-state index contributed by atoms with van der Waals surface area (Å²) in [5.41, 5.74) is 0. The maximum absolute atomic E-state index is 12.4.